The lowest BCUT2D eigenvalue weighted by atomic mass is 9.90. The highest BCUT2D eigenvalue weighted by Gasteiger charge is 2.17. The Kier molecular flexibility index (Phi) is 3.70. The number of nitrogens with zero attached hydrogens (tertiary/aromatic N) is 1. The topological polar surface area (TPSA) is 50.9 Å². The van der Waals surface area contributed by atoms with Gasteiger partial charge in [0.25, 0.3) is 0 Å². The van der Waals surface area contributed by atoms with Gasteiger partial charge in [-0.25, -0.2) is 5.43 Å². The van der Waals surface area contributed by atoms with E-state index in [9.17, 15) is 0 Å². The maximum absolute atomic E-state index is 5.67. The van der Waals surface area contributed by atoms with Crippen LogP contribution in [0.5, 0.6) is 0 Å². The van der Waals surface area contributed by atoms with Gasteiger partial charge in [-0.05, 0) is 43.7 Å². The summed E-state index contributed by atoms with van der Waals surface area (Å²) >= 11 is 0. The number of nitrogens with one attached hydrogen (secondary N) is 1. The molecule has 1 unspecified atom stereocenters. The number of hydrogen-bond donors (Lipinski definition) is 2. The van der Waals surface area contributed by atoms with Crippen LogP contribution in [0.15, 0.2) is 30.1 Å². The van der Waals surface area contributed by atoms with Gasteiger partial charge in [-0.2, -0.15) is 0 Å². The third kappa shape index (κ3) is 2.49. The van der Waals surface area contributed by atoms with Gasteiger partial charge in [0, 0.05) is 12.4 Å². The molecule has 2 rings (SSSR count). The van der Waals surface area contributed by atoms with Gasteiger partial charge in [0.05, 0.1) is 6.04 Å². The first-order chi connectivity index (χ1) is 7.81. The molecule has 1 aliphatic rings. The summed E-state index contributed by atoms with van der Waals surface area (Å²) in [5, 5.41) is 0. The molecule has 1 aliphatic carbocycles. The van der Waals surface area contributed by atoms with E-state index in [1.165, 1.54) is 30.4 Å². The fourth-order valence-electron chi connectivity index (χ4n) is 2.28. The van der Waals surface area contributed by atoms with Gasteiger partial charge in [0.2, 0.25) is 0 Å². The number of aromatic nitrogens is 1. The smallest absolute Gasteiger partial charge is 0.0685 e. The van der Waals surface area contributed by atoms with Crippen LogP contribution in [0.25, 0.3) is 0 Å². The first-order valence-corrected chi connectivity index (χ1v) is 5.88. The van der Waals surface area contributed by atoms with Crippen LogP contribution in [-0.2, 0) is 0 Å². The molecule has 0 aromatic carbocycles. The molecule has 1 heterocycles. The molecule has 3 heteroatoms. The number of hydrazine groups is 1. The van der Waals surface area contributed by atoms with E-state index in [0.29, 0.717) is 0 Å². The van der Waals surface area contributed by atoms with E-state index in [-0.39, 0.29) is 6.04 Å². The summed E-state index contributed by atoms with van der Waals surface area (Å²) in [6.45, 7) is 2.05. The molecule has 0 radical (unpaired) electrons. The van der Waals surface area contributed by atoms with E-state index in [2.05, 4.69) is 29.5 Å². The number of allylic oxidation sites excluding steroid dienone is 1. The lowest BCUT2D eigenvalue weighted by Gasteiger charge is -2.22. The molecule has 0 fully saturated rings. The molecular weight excluding hydrogens is 198 g/mol. The molecule has 0 spiro atoms. The number of aryl methyl sites for hydroxylation is 1. The molecule has 0 saturated carbocycles. The summed E-state index contributed by atoms with van der Waals surface area (Å²) in [5.41, 5.74) is 6.65. The summed E-state index contributed by atoms with van der Waals surface area (Å²) in [4.78, 5) is 4.23. The van der Waals surface area contributed by atoms with Crippen LogP contribution in [0.1, 0.15) is 42.9 Å². The summed E-state index contributed by atoms with van der Waals surface area (Å²) in [6, 6.07) is 2.28. The van der Waals surface area contributed by atoms with Crippen LogP contribution >= 0.6 is 0 Å². The van der Waals surface area contributed by atoms with Crippen molar-refractivity contribution in [3.05, 3.63) is 41.2 Å². The van der Waals surface area contributed by atoms with Gasteiger partial charge in [0.15, 0.2) is 0 Å². The molecule has 0 aliphatic heterocycles. The van der Waals surface area contributed by atoms with Crippen LogP contribution in [0.4, 0.5) is 0 Å². The largest absolute Gasteiger partial charge is 0.271 e. The second kappa shape index (κ2) is 5.23. The van der Waals surface area contributed by atoms with Crippen LogP contribution in [0, 0.1) is 6.92 Å². The zero-order valence-corrected chi connectivity index (χ0v) is 9.74. The molecule has 1 aromatic rings. The standard InChI is InChI=1S/C13H19N3/c1-10-7-12(9-15-8-10)13(16-14)11-5-3-2-4-6-11/h5,7-9,13,16H,2-4,6,14H2,1H3. The Labute approximate surface area is 96.7 Å². The van der Waals surface area contributed by atoms with E-state index in [1.807, 2.05) is 12.4 Å². The predicted octanol–water partition coefficient (Wildman–Crippen LogP) is 2.39. The molecule has 1 atom stereocenters. The summed E-state index contributed by atoms with van der Waals surface area (Å²) < 4.78 is 0. The Bertz CT molecular complexity index is 385. The van der Waals surface area contributed by atoms with Crippen LogP contribution in [0.3, 0.4) is 0 Å². The van der Waals surface area contributed by atoms with Gasteiger partial charge in [-0.1, -0.05) is 17.7 Å². The molecule has 1 aromatic heterocycles. The fourth-order valence-corrected chi connectivity index (χ4v) is 2.28. The Morgan fingerprint density at radius 2 is 2.25 bits per heavy atom. The summed E-state index contributed by atoms with van der Waals surface area (Å²) in [5.74, 6) is 5.67. The fraction of sp³-hybridized carbons (Fsp3) is 0.462. The molecule has 0 amide bonds. The number of hydrogen-bond acceptors (Lipinski definition) is 3. The van der Waals surface area contributed by atoms with Gasteiger partial charge in [-0.3, -0.25) is 10.8 Å². The monoisotopic (exact) mass is 217 g/mol. The highest BCUT2D eigenvalue weighted by molar-refractivity contribution is 5.28. The van der Waals surface area contributed by atoms with Crippen molar-refractivity contribution < 1.29 is 0 Å². The molecule has 0 bridgehead atoms. The Hall–Kier alpha value is -1.19. The average Bonchev–Trinajstić information content (AvgIpc) is 2.31. The van der Waals surface area contributed by atoms with Crippen molar-refractivity contribution in [2.75, 3.05) is 0 Å². The Morgan fingerprint density at radius 1 is 1.38 bits per heavy atom. The maximum atomic E-state index is 5.67. The van der Waals surface area contributed by atoms with E-state index >= 15 is 0 Å². The predicted molar refractivity (Wildman–Crippen MR) is 65.6 cm³/mol. The zero-order chi connectivity index (χ0) is 11.4. The normalized spacial score (nSPS) is 18.0. The average molecular weight is 217 g/mol. The van der Waals surface area contributed by atoms with E-state index in [0.717, 1.165) is 12.0 Å². The highest BCUT2D eigenvalue weighted by atomic mass is 15.2. The third-order valence-electron chi connectivity index (χ3n) is 3.09. The first kappa shape index (κ1) is 11.3. The molecule has 3 N–H and O–H groups in total. The lowest BCUT2D eigenvalue weighted by Crippen LogP contribution is -2.30. The number of rotatable bonds is 3. The van der Waals surface area contributed by atoms with Crippen LogP contribution in [-0.4, -0.2) is 4.98 Å². The summed E-state index contributed by atoms with van der Waals surface area (Å²) in [6.07, 6.45) is 11.0. The van der Waals surface area contributed by atoms with Crippen LogP contribution < -0.4 is 11.3 Å². The highest BCUT2D eigenvalue weighted by Crippen LogP contribution is 2.29. The van der Waals surface area contributed by atoms with Crippen molar-refractivity contribution in [3.63, 3.8) is 0 Å². The van der Waals surface area contributed by atoms with E-state index in [4.69, 9.17) is 5.84 Å². The lowest BCUT2D eigenvalue weighted by molar-refractivity contribution is 0.564. The van der Waals surface area contributed by atoms with Gasteiger partial charge < -0.3 is 0 Å². The molecule has 16 heavy (non-hydrogen) atoms. The number of nitrogens with two attached hydrogens (primary N) is 1. The van der Waals surface area contributed by atoms with Gasteiger partial charge in [-0.15, -0.1) is 0 Å². The SMILES string of the molecule is Cc1cncc(C(NN)C2=CCCCC2)c1. The number of pyridine rings is 1. The third-order valence-corrected chi connectivity index (χ3v) is 3.09. The quantitative estimate of drug-likeness (QED) is 0.464. The summed E-state index contributed by atoms with van der Waals surface area (Å²) in [7, 11) is 0. The van der Waals surface area contributed by atoms with Crippen molar-refractivity contribution >= 4 is 0 Å². The molecular formula is C13H19N3. The second-order valence-electron chi connectivity index (χ2n) is 4.42. The van der Waals surface area contributed by atoms with E-state index < -0.39 is 0 Å². The minimum atomic E-state index is 0.132. The van der Waals surface area contributed by atoms with E-state index in [1.54, 1.807) is 0 Å². The van der Waals surface area contributed by atoms with Crippen molar-refractivity contribution in [1.82, 2.24) is 10.4 Å². The molecule has 3 nitrogen and oxygen atoms in total. The Morgan fingerprint density at radius 3 is 2.88 bits per heavy atom. The zero-order valence-electron chi connectivity index (χ0n) is 9.74. The van der Waals surface area contributed by atoms with Crippen LogP contribution in [0.2, 0.25) is 0 Å². The Balaban J connectivity index is 2.25. The maximum Gasteiger partial charge on any atom is 0.0685 e. The molecule has 86 valence electrons. The van der Waals surface area contributed by atoms with Crippen molar-refractivity contribution in [1.29, 1.82) is 0 Å². The second-order valence-corrected chi connectivity index (χ2v) is 4.42. The minimum absolute atomic E-state index is 0.132. The van der Waals surface area contributed by atoms with Crippen molar-refractivity contribution in [2.24, 2.45) is 5.84 Å². The van der Waals surface area contributed by atoms with Gasteiger partial charge >= 0.3 is 0 Å². The minimum Gasteiger partial charge on any atom is -0.271 e. The first-order valence-electron chi connectivity index (χ1n) is 5.88. The van der Waals surface area contributed by atoms with Crippen molar-refractivity contribution in [3.8, 4) is 0 Å². The van der Waals surface area contributed by atoms with Crippen molar-refractivity contribution in [2.45, 2.75) is 38.6 Å². The molecule has 0 saturated heterocycles. The van der Waals surface area contributed by atoms with Gasteiger partial charge in [0.1, 0.15) is 0 Å².